The molecule has 0 spiro atoms. The van der Waals surface area contributed by atoms with Gasteiger partial charge in [0.25, 0.3) is 0 Å². The highest BCUT2D eigenvalue weighted by Gasteiger charge is 2.32. The largest absolute Gasteiger partial charge is 0.469 e. The number of urea groups is 1. The Morgan fingerprint density at radius 1 is 1.60 bits per heavy atom. The molecule has 2 heterocycles. The smallest absolute Gasteiger partial charge is 0.317 e. The first kappa shape index (κ1) is 14.9. The molecular formula is C13H20N2O4S. The van der Waals surface area contributed by atoms with Gasteiger partial charge in [-0.3, -0.25) is 0 Å². The summed E-state index contributed by atoms with van der Waals surface area (Å²) in [6.07, 6.45) is 2.72. The molecule has 1 aliphatic rings. The number of rotatable bonds is 4. The normalized spacial score (nSPS) is 22.4. The molecule has 6 nitrogen and oxygen atoms in total. The molecule has 1 aromatic heterocycles. The van der Waals surface area contributed by atoms with E-state index in [0.717, 1.165) is 5.76 Å². The van der Waals surface area contributed by atoms with Gasteiger partial charge in [0.1, 0.15) is 5.76 Å². The van der Waals surface area contributed by atoms with Crippen molar-refractivity contribution in [3.05, 3.63) is 24.2 Å². The zero-order chi connectivity index (χ0) is 14.8. The molecule has 0 saturated carbocycles. The number of carbonyl (C=O) groups excluding carboxylic acids is 1. The minimum atomic E-state index is -2.98. The van der Waals surface area contributed by atoms with Crippen LogP contribution in [0.15, 0.2) is 22.8 Å². The van der Waals surface area contributed by atoms with E-state index in [1.54, 1.807) is 19.4 Å². The van der Waals surface area contributed by atoms with Crippen LogP contribution in [0, 0.1) is 0 Å². The van der Waals surface area contributed by atoms with Crippen LogP contribution in [-0.4, -0.2) is 50.0 Å². The SMILES string of the molecule is C[C@H](Cc1ccco1)NC(=O)N(C)[C@H]1CCS(=O)(=O)C1. The predicted molar refractivity (Wildman–Crippen MR) is 75.2 cm³/mol. The molecular weight excluding hydrogens is 280 g/mol. The Morgan fingerprint density at radius 3 is 2.90 bits per heavy atom. The van der Waals surface area contributed by atoms with Gasteiger partial charge in [0, 0.05) is 25.6 Å². The van der Waals surface area contributed by atoms with Gasteiger partial charge in [-0.2, -0.15) is 0 Å². The first-order valence-corrected chi connectivity index (χ1v) is 8.45. The zero-order valence-corrected chi connectivity index (χ0v) is 12.5. The average Bonchev–Trinajstić information content (AvgIpc) is 2.97. The van der Waals surface area contributed by atoms with E-state index in [2.05, 4.69) is 5.32 Å². The topological polar surface area (TPSA) is 79.6 Å². The Balaban J connectivity index is 1.85. The van der Waals surface area contributed by atoms with E-state index in [0.29, 0.717) is 12.8 Å². The van der Waals surface area contributed by atoms with Crippen molar-refractivity contribution in [2.75, 3.05) is 18.6 Å². The number of hydrogen-bond acceptors (Lipinski definition) is 4. The van der Waals surface area contributed by atoms with Gasteiger partial charge in [-0.1, -0.05) is 0 Å². The molecule has 2 amide bonds. The van der Waals surface area contributed by atoms with Crippen molar-refractivity contribution in [2.24, 2.45) is 0 Å². The van der Waals surface area contributed by atoms with Crippen molar-refractivity contribution in [1.29, 1.82) is 0 Å². The Kier molecular flexibility index (Phi) is 4.37. The number of nitrogens with one attached hydrogen (secondary N) is 1. The molecule has 1 aromatic rings. The van der Waals surface area contributed by atoms with Gasteiger partial charge in [-0.15, -0.1) is 0 Å². The fraction of sp³-hybridized carbons (Fsp3) is 0.615. The van der Waals surface area contributed by atoms with Crippen molar-refractivity contribution in [3.8, 4) is 0 Å². The van der Waals surface area contributed by atoms with Crippen LogP contribution in [-0.2, 0) is 16.3 Å². The highest BCUT2D eigenvalue weighted by molar-refractivity contribution is 7.91. The predicted octanol–water partition coefficient (Wildman–Crippen LogP) is 1.04. The summed E-state index contributed by atoms with van der Waals surface area (Å²) >= 11 is 0. The highest BCUT2D eigenvalue weighted by Crippen LogP contribution is 2.16. The molecule has 0 aromatic carbocycles. The lowest BCUT2D eigenvalue weighted by Crippen LogP contribution is -2.47. The average molecular weight is 300 g/mol. The molecule has 7 heteroatoms. The second kappa shape index (κ2) is 5.87. The van der Waals surface area contributed by atoms with Crippen molar-refractivity contribution in [2.45, 2.75) is 31.8 Å². The van der Waals surface area contributed by atoms with Crippen LogP contribution in [0.4, 0.5) is 4.79 Å². The monoisotopic (exact) mass is 300 g/mol. The molecule has 0 radical (unpaired) electrons. The molecule has 2 rings (SSSR count). The second-order valence-corrected chi connectivity index (χ2v) is 7.53. The third-order valence-electron chi connectivity index (χ3n) is 3.53. The third kappa shape index (κ3) is 3.75. The number of sulfone groups is 1. The lowest BCUT2D eigenvalue weighted by molar-refractivity contribution is 0.191. The molecule has 0 unspecified atom stereocenters. The van der Waals surface area contributed by atoms with Crippen LogP contribution >= 0.6 is 0 Å². The summed E-state index contributed by atoms with van der Waals surface area (Å²) in [5, 5.41) is 2.85. The van der Waals surface area contributed by atoms with E-state index in [4.69, 9.17) is 4.42 Å². The Hall–Kier alpha value is -1.50. The van der Waals surface area contributed by atoms with Gasteiger partial charge < -0.3 is 14.6 Å². The first-order chi connectivity index (χ1) is 9.37. The van der Waals surface area contributed by atoms with E-state index in [9.17, 15) is 13.2 Å². The minimum absolute atomic E-state index is 0.0590. The summed E-state index contributed by atoms with van der Waals surface area (Å²) in [7, 11) is -1.34. The van der Waals surface area contributed by atoms with E-state index >= 15 is 0 Å². The van der Waals surface area contributed by atoms with Gasteiger partial charge in [-0.05, 0) is 25.5 Å². The molecule has 0 aliphatic carbocycles. The van der Waals surface area contributed by atoms with Crippen LogP contribution in [0.5, 0.6) is 0 Å². The maximum Gasteiger partial charge on any atom is 0.317 e. The maximum atomic E-state index is 12.1. The van der Waals surface area contributed by atoms with E-state index in [1.807, 2.05) is 13.0 Å². The molecule has 1 aliphatic heterocycles. The van der Waals surface area contributed by atoms with Gasteiger partial charge in [0.05, 0.1) is 17.8 Å². The first-order valence-electron chi connectivity index (χ1n) is 6.63. The second-order valence-electron chi connectivity index (χ2n) is 5.30. The van der Waals surface area contributed by atoms with Gasteiger partial charge in [0.15, 0.2) is 9.84 Å². The number of hydrogen-bond donors (Lipinski definition) is 1. The van der Waals surface area contributed by atoms with Crippen LogP contribution in [0.3, 0.4) is 0 Å². The summed E-state index contributed by atoms with van der Waals surface area (Å²) < 4.78 is 28.1. The molecule has 1 N–H and O–H groups in total. The summed E-state index contributed by atoms with van der Waals surface area (Å²) in [5.41, 5.74) is 0. The zero-order valence-electron chi connectivity index (χ0n) is 11.7. The minimum Gasteiger partial charge on any atom is -0.469 e. The van der Waals surface area contributed by atoms with Gasteiger partial charge in [0.2, 0.25) is 0 Å². The Labute approximate surface area is 119 Å². The van der Waals surface area contributed by atoms with Crippen molar-refractivity contribution in [3.63, 3.8) is 0 Å². The standard InChI is InChI=1S/C13H20N2O4S/c1-10(8-12-4-3-6-19-12)14-13(16)15(2)11-5-7-20(17,18)9-11/h3-4,6,10-11H,5,7-9H2,1-2H3,(H,14,16)/t10-,11+/m1/s1. The third-order valence-corrected chi connectivity index (χ3v) is 5.28. The number of carbonyl (C=O) groups is 1. The van der Waals surface area contributed by atoms with E-state index in [1.165, 1.54) is 4.90 Å². The van der Waals surface area contributed by atoms with Crippen LogP contribution in [0.2, 0.25) is 0 Å². The summed E-state index contributed by atoms with van der Waals surface area (Å²) in [6.45, 7) is 1.89. The van der Waals surface area contributed by atoms with E-state index < -0.39 is 9.84 Å². The molecule has 1 fully saturated rings. The summed E-state index contributed by atoms with van der Waals surface area (Å²) in [6, 6.07) is 3.12. The Morgan fingerprint density at radius 2 is 2.35 bits per heavy atom. The van der Waals surface area contributed by atoms with Crippen LogP contribution in [0.1, 0.15) is 19.1 Å². The van der Waals surface area contributed by atoms with Gasteiger partial charge >= 0.3 is 6.03 Å². The molecule has 0 bridgehead atoms. The van der Waals surface area contributed by atoms with Crippen LogP contribution in [0.25, 0.3) is 0 Å². The lowest BCUT2D eigenvalue weighted by atomic mass is 10.2. The summed E-state index contributed by atoms with van der Waals surface area (Å²) in [5.74, 6) is 1.03. The fourth-order valence-electron chi connectivity index (χ4n) is 2.34. The fourth-order valence-corrected chi connectivity index (χ4v) is 4.12. The molecule has 2 atom stereocenters. The van der Waals surface area contributed by atoms with Crippen molar-refractivity contribution in [1.82, 2.24) is 10.2 Å². The molecule has 1 saturated heterocycles. The summed E-state index contributed by atoms with van der Waals surface area (Å²) in [4.78, 5) is 13.6. The molecule has 20 heavy (non-hydrogen) atoms. The van der Waals surface area contributed by atoms with Crippen molar-refractivity contribution < 1.29 is 17.6 Å². The van der Waals surface area contributed by atoms with Gasteiger partial charge in [-0.25, -0.2) is 13.2 Å². The highest BCUT2D eigenvalue weighted by atomic mass is 32.2. The van der Waals surface area contributed by atoms with Crippen LogP contribution < -0.4 is 5.32 Å². The van der Waals surface area contributed by atoms with E-state index in [-0.39, 0.29) is 29.6 Å². The number of nitrogens with zero attached hydrogens (tertiary/aromatic N) is 1. The Bertz CT molecular complexity index is 553. The van der Waals surface area contributed by atoms with Crippen molar-refractivity contribution >= 4 is 15.9 Å². The quantitative estimate of drug-likeness (QED) is 0.901. The lowest BCUT2D eigenvalue weighted by Gasteiger charge is -2.25. The maximum absolute atomic E-state index is 12.1. The molecule has 112 valence electrons. The number of furan rings is 1. The number of amides is 2.